The van der Waals surface area contributed by atoms with Crippen LogP contribution >= 0.6 is 11.3 Å². The number of nitrogens with zero attached hydrogens (tertiary/aromatic N) is 1. The molecule has 102 valence electrons. The fourth-order valence-electron chi connectivity index (χ4n) is 2.79. The lowest BCUT2D eigenvalue weighted by Gasteiger charge is -2.19. The van der Waals surface area contributed by atoms with Gasteiger partial charge in [-0.2, -0.15) is 0 Å². The highest BCUT2D eigenvalue weighted by Gasteiger charge is 2.26. The Bertz CT molecular complexity index is 569. The first-order valence-corrected chi connectivity index (χ1v) is 7.49. The third-order valence-electron chi connectivity index (χ3n) is 3.79. The van der Waals surface area contributed by atoms with Crippen LogP contribution < -0.4 is 11.1 Å². The van der Waals surface area contributed by atoms with E-state index in [1.165, 1.54) is 24.8 Å². The van der Waals surface area contributed by atoms with Gasteiger partial charge in [0.05, 0.1) is 16.3 Å². The van der Waals surface area contributed by atoms with Crippen LogP contribution in [0.3, 0.4) is 0 Å². The van der Waals surface area contributed by atoms with Crippen molar-refractivity contribution in [1.29, 1.82) is 0 Å². The Labute approximate surface area is 117 Å². The molecule has 1 saturated carbocycles. The van der Waals surface area contributed by atoms with Crippen LogP contribution in [-0.4, -0.2) is 24.2 Å². The van der Waals surface area contributed by atoms with Crippen LogP contribution in [-0.2, 0) is 11.3 Å². The van der Waals surface area contributed by atoms with Crippen molar-refractivity contribution in [3.63, 3.8) is 0 Å². The Kier molecular flexibility index (Phi) is 3.68. The summed E-state index contributed by atoms with van der Waals surface area (Å²) in [6.07, 6.45) is 3.98. The highest BCUT2D eigenvalue weighted by Crippen LogP contribution is 2.25. The van der Waals surface area contributed by atoms with Crippen LogP contribution in [0.25, 0.3) is 10.2 Å². The summed E-state index contributed by atoms with van der Waals surface area (Å²) in [4.78, 5) is 4.27. The van der Waals surface area contributed by atoms with Crippen molar-refractivity contribution in [2.24, 2.45) is 0 Å². The summed E-state index contributed by atoms with van der Waals surface area (Å²) in [6.45, 7) is 0.873. The highest BCUT2D eigenvalue weighted by molar-refractivity contribution is 7.22. The SMILES string of the molecule is COC1CCCC1NCc1ccc2nc(N)sc2c1. The molecule has 1 aromatic carbocycles. The van der Waals surface area contributed by atoms with Gasteiger partial charge >= 0.3 is 0 Å². The Morgan fingerprint density at radius 1 is 1.47 bits per heavy atom. The van der Waals surface area contributed by atoms with Crippen molar-refractivity contribution in [2.75, 3.05) is 12.8 Å². The zero-order valence-electron chi connectivity index (χ0n) is 11.1. The largest absolute Gasteiger partial charge is 0.380 e. The molecule has 1 aliphatic carbocycles. The lowest BCUT2D eigenvalue weighted by molar-refractivity contribution is 0.0847. The van der Waals surface area contributed by atoms with E-state index in [0.29, 0.717) is 17.3 Å². The molecule has 19 heavy (non-hydrogen) atoms. The molecule has 0 spiro atoms. The third kappa shape index (κ3) is 2.73. The number of benzene rings is 1. The van der Waals surface area contributed by atoms with E-state index in [1.54, 1.807) is 18.4 Å². The van der Waals surface area contributed by atoms with Gasteiger partial charge in [0.15, 0.2) is 5.13 Å². The summed E-state index contributed by atoms with van der Waals surface area (Å²) >= 11 is 1.54. The quantitative estimate of drug-likeness (QED) is 0.901. The summed E-state index contributed by atoms with van der Waals surface area (Å²) < 4.78 is 6.66. The van der Waals surface area contributed by atoms with Crippen molar-refractivity contribution in [3.8, 4) is 0 Å². The molecule has 3 N–H and O–H groups in total. The first-order valence-electron chi connectivity index (χ1n) is 6.67. The molecule has 1 fully saturated rings. The molecule has 0 bridgehead atoms. The van der Waals surface area contributed by atoms with Crippen molar-refractivity contribution >= 4 is 26.7 Å². The van der Waals surface area contributed by atoms with Gasteiger partial charge < -0.3 is 15.8 Å². The van der Waals surface area contributed by atoms with Crippen molar-refractivity contribution in [3.05, 3.63) is 23.8 Å². The summed E-state index contributed by atoms with van der Waals surface area (Å²) in [5.41, 5.74) is 7.99. The van der Waals surface area contributed by atoms with Gasteiger partial charge in [-0.3, -0.25) is 0 Å². The molecule has 1 aromatic heterocycles. The molecule has 2 aromatic rings. The molecule has 0 amide bonds. The molecule has 2 unspecified atom stereocenters. The van der Waals surface area contributed by atoms with Crippen LogP contribution in [0.4, 0.5) is 5.13 Å². The number of fused-ring (bicyclic) bond motifs is 1. The maximum atomic E-state index is 5.73. The van der Waals surface area contributed by atoms with Crippen LogP contribution in [0.5, 0.6) is 0 Å². The van der Waals surface area contributed by atoms with E-state index in [4.69, 9.17) is 10.5 Å². The Morgan fingerprint density at radius 3 is 3.21 bits per heavy atom. The number of rotatable bonds is 4. The average Bonchev–Trinajstić information content (AvgIpc) is 3.00. The van der Waals surface area contributed by atoms with Crippen LogP contribution in [0, 0.1) is 0 Å². The molecule has 0 radical (unpaired) electrons. The van der Waals surface area contributed by atoms with Crippen LogP contribution in [0.1, 0.15) is 24.8 Å². The van der Waals surface area contributed by atoms with Gasteiger partial charge in [-0.25, -0.2) is 4.98 Å². The molecule has 1 aliphatic rings. The van der Waals surface area contributed by atoms with Gasteiger partial charge in [-0.15, -0.1) is 0 Å². The summed E-state index contributed by atoms with van der Waals surface area (Å²) in [7, 11) is 1.80. The number of hydrogen-bond donors (Lipinski definition) is 2. The van der Waals surface area contributed by atoms with Crippen LogP contribution in [0.15, 0.2) is 18.2 Å². The van der Waals surface area contributed by atoms with Crippen molar-refractivity contribution in [2.45, 2.75) is 38.0 Å². The lowest BCUT2D eigenvalue weighted by atomic mass is 10.1. The molecule has 4 nitrogen and oxygen atoms in total. The zero-order valence-corrected chi connectivity index (χ0v) is 11.9. The predicted molar refractivity (Wildman–Crippen MR) is 79.3 cm³/mol. The lowest BCUT2D eigenvalue weighted by Crippen LogP contribution is -2.36. The second kappa shape index (κ2) is 5.45. The minimum Gasteiger partial charge on any atom is -0.380 e. The number of thiazole rings is 1. The molecule has 3 rings (SSSR count). The number of hydrogen-bond acceptors (Lipinski definition) is 5. The topological polar surface area (TPSA) is 60.2 Å². The summed E-state index contributed by atoms with van der Waals surface area (Å²) in [5, 5.41) is 4.23. The Balaban J connectivity index is 1.67. The van der Waals surface area contributed by atoms with Crippen LogP contribution in [0.2, 0.25) is 0 Å². The first-order chi connectivity index (χ1) is 9.26. The highest BCUT2D eigenvalue weighted by atomic mass is 32.1. The second-order valence-corrected chi connectivity index (χ2v) is 6.11. The number of ether oxygens (including phenoxy) is 1. The van der Waals surface area contributed by atoms with E-state index in [9.17, 15) is 0 Å². The average molecular weight is 277 g/mol. The maximum absolute atomic E-state index is 5.73. The second-order valence-electron chi connectivity index (χ2n) is 5.05. The van der Waals surface area contributed by atoms with Gasteiger partial charge in [-0.05, 0) is 37.0 Å². The monoisotopic (exact) mass is 277 g/mol. The summed E-state index contributed by atoms with van der Waals surface area (Å²) in [5.74, 6) is 0. The van der Waals surface area contributed by atoms with Crippen molar-refractivity contribution < 1.29 is 4.74 Å². The normalized spacial score (nSPS) is 23.2. The predicted octanol–water partition coefficient (Wildman–Crippen LogP) is 2.54. The fourth-order valence-corrected chi connectivity index (χ4v) is 3.59. The van der Waals surface area contributed by atoms with E-state index in [1.807, 2.05) is 6.07 Å². The van der Waals surface area contributed by atoms with E-state index in [2.05, 4.69) is 22.4 Å². The van der Waals surface area contributed by atoms with Gasteiger partial charge in [0, 0.05) is 19.7 Å². The molecule has 2 atom stereocenters. The number of aromatic nitrogens is 1. The third-order valence-corrected chi connectivity index (χ3v) is 4.64. The molecule has 0 aliphatic heterocycles. The number of nitrogens with one attached hydrogen (secondary N) is 1. The van der Waals surface area contributed by atoms with Gasteiger partial charge in [0.1, 0.15) is 0 Å². The molecular formula is C14H19N3OS. The number of nitrogens with two attached hydrogens (primary N) is 1. The standard InChI is InChI=1S/C14H19N3OS/c1-18-12-4-2-3-10(12)16-8-9-5-6-11-13(7-9)19-14(15)17-11/h5-7,10,12,16H,2-4,8H2,1H3,(H2,15,17). The Hall–Kier alpha value is -1.17. The number of anilines is 1. The molecular weight excluding hydrogens is 258 g/mol. The van der Waals surface area contributed by atoms with E-state index in [0.717, 1.165) is 16.8 Å². The van der Waals surface area contributed by atoms with Crippen molar-refractivity contribution in [1.82, 2.24) is 10.3 Å². The fraction of sp³-hybridized carbons (Fsp3) is 0.500. The first kappa shape index (κ1) is 12.8. The minimum atomic E-state index is 0.364. The van der Waals surface area contributed by atoms with Gasteiger partial charge in [0.25, 0.3) is 0 Å². The minimum absolute atomic E-state index is 0.364. The van der Waals surface area contributed by atoms with E-state index >= 15 is 0 Å². The molecule has 5 heteroatoms. The number of methoxy groups -OCH3 is 1. The summed E-state index contributed by atoms with van der Waals surface area (Å²) in [6, 6.07) is 6.81. The maximum Gasteiger partial charge on any atom is 0.181 e. The van der Waals surface area contributed by atoms with E-state index in [-0.39, 0.29) is 0 Å². The number of nitrogen functional groups attached to an aromatic ring is 1. The van der Waals surface area contributed by atoms with E-state index < -0.39 is 0 Å². The van der Waals surface area contributed by atoms with Gasteiger partial charge in [-0.1, -0.05) is 17.4 Å². The molecule has 1 heterocycles. The zero-order chi connectivity index (χ0) is 13.2. The smallest absolute Gasteiger partial charge is 0.181 e. The Morgan fingerprint density at radius 2 is 2.37 bits per heavy atom. The van der Waals surface area contributed by atoms with Gasteiger partial charge in [0.2, 0.25) is 0 Å². The molecule has 0 saturated heterocycles.